The largest absolute Gasteiger partial charge is 0.489 e. The molecule has 2 aliphatic rings. The lowest BCUT2D eigenvalue weighted by Gasteiger charge is -2.37. The maximum atomic E-state index is 12.6. The third kappa shape index (κ3) is 6.26. The Kier molecular flexibility index (Phi) is 7.53. The van der Waals surface area contributed by atoms with Gasteiger partial charge in [0.05, 0.1) is 54.7 Å². The Morgan fingerprint density at radius 1 is 1.25 bits per heavy atom. The van der Waals surface area contributed by atoms with Gasteiger partial charge in [0.15, 0.2) is 0 Å². The van der Waals surface area contributed by atoms with Crippen molar-refractivity contribution < 1.29 is 14.3 Å². The van der Waals surface area contributed by atoms with Gasteiger partial charge in [-0.25, -0.2) is 14.3 Å². The predicted molar refractivity (Wildman–Crippen MR) is 150 cm³/mol. The molecule has 0 bridgehead atoms. The smallest absolute Gasteiger partial charge is 0.317 e. The quantitative estimate of drug-likeness (QED) is 0.492. The van der Waals surface area contributed by atoms with E-state index in [9.17, 15) is 10.1 Å². The molecule has 12 nitrogen and oxygen atoms in total. The number of rotatable bonds is 5. The Labute approximate surface area is 234 Å². The number of carbonyl (C=O) groups is 1. The number of nitriles is 1. The molecule has 1 atom stereocenters. The molecule has 3 N–H and O–H groups in total. The zero-order chi connectivity index (χ0) is 28.5. The number of ether oxygens (including phenoxy) is 2. The van der Waals surface area contributed by atoms with Crippen LogP contribution >= 0.6 is 0 Å². The summed E-state index contributed by atoms with van der Waals surface area (Å²) in [6.45, 7) is 11.2. The molecule has 5 heterocycles. The predicted octanol–water partition coefficient (Wildman–Crippen LogP) is 2.57. The van der Waals surface area contributed by atoms with Crippen LogP contribution in [0.5, 0.6) is 5.75 Å². The number of anilines is 1. The van der Waals surface area contributed by atoms with E-state index in [1.165, 1.54) is 6.20 Å². The van der Waals surface area contributed by atoms with Gasteiger partial charge >= 0.3 is 6.03 Å². The molecular weight excluding hydrogens is 510 g/mol. The fraction of sp³-hybridized carbons (Fsp3) is 0.536. The SMILES string of the molecule is CC1(N)CCN(c2cnc(-c3cc(OC[C@H]4CN(C(=O)NC(C)(C)C)CCO4)cn4ncc(C#N)c34)cn2)CC1. The molecule has 0 spiro atoms. The molecule has 0 unspecified atom stereocenters. The van der Waals surface area contributed by atoms with Gasteiger partial charge in [0.25, 0.3) is 0 Å². The Morgan fingerprint density at radius 3 is 2.70 bits per heavy atom. The fourth-order valence-corrected chi connectivity index (χ4v) is 4.92. The number of aromatic nitrogens is 4. The van der Waals surface area contributed by atoms with Crippen LogP contribution in [-0.4, -0.2) is 87.1 Å². The number of fused-ring (bicyclic) bond motifs is 1. The third-order valence-corrected chi connectivity index (χ3v) is 7.19. The summed E-state index contributed by atoms with van der Waals surface area (Å²) < 4.78 is 13.6. The normalized spacial score (nSPS) is 19.4. The van der Waals surface area contributed by atoms with Gasteiger partial charge in [-0.15, -0.1) is 0 Å². The van der Waals surface area contributed by atoms with Crippen molar-refractivity contribution in [3.05, 3.63) is 36.4 Å². The van der Waals surface area contributed by atoms with Crippen molar-refractivity contribution in [3.8, 4) is 23.1 Å². The van der Waals surface area contributed by atoms with E-state index >= 15 is 0 Å². The van der Waals surface area contributed by atoms with E-state index < -0.39 is 0 Å². The summed E-state index contributed by atoms with van der Waals surface area (Å²) >= 11 is 0. The highest BCUT2D eigenvalue weighted by molar-refractivity contribution is 5.83. The van der Waals surface area contributed by atoms with E-state index in [4.69, 9.17) is 20.2 Å². The Hall–Kier alpha value is -3.95. The van der Waals surface area contributed by atoms with E-state index in [2.05, 4.69) is 33.3 Å². The minimum absolute atomic E-state index is 0.117. The first-order chi connectivity index (χ1) is 19.0. The van der Waals surface area contributed by atoms with E-state index in [1.807, 2.05) is 26.8 Å². The summed E-state index contributed by atoms with van der Waals surface area (Å²) in [5.74, 6) is 1.34. The number of carbonyl (C=O) groups excluding carboxylic acids is 1. The summed E-state index contributed by atoms with van der Waals surface area (Å²) in [6, 6.07) is 3.94. The average molecular weight is 548 g/mol. The van der Waals surface area contributed by atoms with Gasteiger partial charge < -0.3 is 30.3 Å². The van der Waals surface area contributed by atoms with Crippen LogP contribution in [0.15, 0.2) is 30.9 Å². The van der Waals surface area contributed by atoms with Gasteiger partial charge in [-0.1, -0.05) is 0 Å². The van der Waals surface area contributed by atoms with Crippen LogP contribution in [0.3, 0.4) is 0 Å². The Bertz CT molecular complexity index is 1400. The van der Waals surface area contributed by atoms with E-state index in [1.54, 1.807) is 28.0 Å². The standard InChI is InChI=1S/C28H37N9O3/c1-27(2,3)34-26(38)36-9-10-39-21(16-36)18-40-20-11-22(25-19(12-29)13-33-37(25)17-20)23-14-32-24(15-31-23)35-7-5-28(4,30)6-8-35/h11,13-15,17,21H,5-10,16,18,30H2,1-4H3,(H,34,38)/t21-/m1/s1. The molecule has 2 saturated heterocycles. The first-order valence-electron chi connectivity index (χ1n) is 13.6. The monoisotopic (exact) mass is 547 g/mol. The van der Waals surface area contributed by atoms with E-state index in [-0.39, 0.29) is 29.8 Å². The Morgan fingerprint density at radius 2 is 2.02 bits per heavy atom. The van der Waals surface area contributed by atoms with Crippen molar-refractivity contribution in [2.75, 3.05) is 44.3 Å². The summed E-state index contributed by atoms with van der Waals surface area (Å²) in [4.78, 5) is 25.9. The lowest BCUT2D eigenvalue weighted by atomic mass is 9.91. The summed E-state index contributed by atoms with van der Waals surface area (Å²) in [5, 5.41) is 17.0. The molecule has 2 amide bonds. The molecule has 5 rings (SSSR count). The first-order valence-corrected chi connectivity index (χ1v) is 13.6. The third-order valence-electron chi connectivity index (χ3n) is 7.19. The van der Waals surface area contributed by atoms with Crippen LogP contribution < -0.4 is 20.7 Å². The molecule has 0 aliphatic carbocycles. The number of amides is 2. The highest BCUT2D eigenvalue weighted by Gasteiger charge is 2.28. The molecule has 40 heavy (non-hydrogen) atoms. The number of urea groups is 1. The van der Waals surface area contributed by atoms with Gasteiger partial charge in [-0.05, 0) is 46.6 Å². The van der Waals surface area contributed by atoms with Gasteiger partial charge in [0.2, 0.25) is 0 Å². The summed E-state index contributed by atoms with van der Waals surface area (Å²) in [7, 11) is 0. The minimum Gasteiger partial charge on any atom is -0.489 e. The van der Waals surface area contributed by atoms with Crippen molar-refractivity contribution in [2.45, 2.75) is 57.7 Å². The van der Waals surface area contributed by atoms with Gasteiger partial charge in [0, 0.05) is 36.3 Å². The van der Waals surface area contributed by atoms with Crippen LogP contribution in [0.1, 0.15) is 46.1 Å². The van der Waals surface area contributed by atoms with Gasteiger partial charge in [-0.3, -0.25) is 4.98 Å². The number of morpholine rings is 1. The van der Waals surface area contributed by atoms with Crippen molar-refractivity contribution in [2.24, 2.45) is 5.73 Å². The molecule has 12 heteroatoms. The number of nitrogens with one attached hydrogen (secondary N) is 1. The fourth-order valence-electron chi connectivity index (χ4n) is 4.92. The van der Waals surface area contributed by atoms with Crippen molar-refractivity contribution in [1.29, 1.82) is 5.26 Å². The molecule has 0 saturated carbocycles. The molecule has 2 aliphatic heterocycles. The first kappa shape index (κ1) is 27.6. The van der Waals surface area contributed by atoms with Crippen LogP contribution in [0.2, 0.25) is 0 Å². The van der Waals surface area contributed by atoms with Crippen molar-refractivity contribution in [3.63, 3.8) is 0 Å². The van der Waals surface area contributed by atoms with Crippen molar-refractivity contribution >= 4 is 17.4 Å². The number of nitrogens with zero attached hydrogens (tertiary/aromatic N) is 7. The zero-order valence-electron chi connectivity index (χ0n) is 23.6. The van der Waals surface area contributed by atoms with Crippen LogP contribution in [0.4, 0.5) is 10.6 Å². The lowest BCUT2D eigenvalue weighted by Crippen LogP contribution is -2.54. The number of piperidine rings is 1. The zero-order valence-corrected chi connectivity index (χ0v) is 23.6. The second-order valence-corrected chi connectivity index (χ2v) is 11.9. The molecule has 2 fully saturated rings. The van der Waals surface area contributed by atoms with Crippen LogP contribution in [0, 0.1) is 11.3 Å². The summed E-state index contributed by atoms with van der Waals surface area (Å²) in [6.07, 6.45) is 8.22. The highest BCUT2D eigenvalue weighted by Crippen LogP contribution is 2.31. The number of nitrogens with two attached hydrogens (primary N) is 1. The number of hydrogen-bond acceptors (Lipinski definition) is 9. The Balaban J connectivity index is 1.33. The topological polar surface area (TPSA) is 147 Å². The molecule has 3 aromatic rings. The average Bonchev–Trinajstić information content (AvgIpc) is 3.34. The lowest BCUT2D eigenvalue weighted by molar-refractivity contribution is -0.0358. The maximum absolute atomic E-state index is 12.6. The number of pyridine rings is 1. The second kappa shape index (κ2) is 10.9. The molecular formula is C28H37N9O3. The molecule has 0 radical (unpaired) electrons. The second-order valence-electron chi connectivity index (χ2n) is 11.9. The molecule has 212 valence electrons. The maximum Gasteiger partial charge on any atom is 0.317 e. The van der Waals surface area contributed by atoms with Crippen LogP contribution in [0.25, 0.3) is 16.8 Å². The highest BCUT2D eigenvalue weighted by atomic mass is 16.5. The van der Waals surface area contributed by atoms with E-state index in [0.29, 0.717) is 47.8 Å². The number of hydrogen-bond donors (Lipinski definition) is 2. The minimum atomic E-state index is -0.319. The van der Waals surface area contributed by atoms with Crippen LogP contribution in [-0.2, 0) is 4.74 Å². The summed E-state index contributed by atoms with van der Waals surface area (Å²) in [5.41, 5.74) is 8.17. The van der Waals surface area contributed by atoms with Gasteiger partial charge in [0.1, 0.15) is 30.3 Å². The molecule has 3 aromatic heterocycles. The molecule has 0 aromatic carbocycles. The van der Waals surface area contributed by atoms with E-state index in [0.717, 1.165) is 31.7 Å². The van der Waals surface area contributed by atoms with Gasteiger partial charge in [-0.2, -0.15) is 10.4 Å². The van der Waals surface area contributed by atoms with Crippen molar-refractivity contribution in [1.82, 2.24) is 29.8 Å².